The largest absolute Gasteiger partial charge is 0.469 e. The highest BCUT2D eigenvalue weighted by Gasteiger charge is 2.43. The van der Waals surface area contributed by atoms with Crippen molar-refractivity contribution < 1.29 is 24.5 Å². The van der Waals surface area contributed by atoms with Crippen LogP contribution in [0.2, 0.25) is 0 Å². The van der Waals surface area contributed by atoms with E-state index in [1.165, 1.54) is 39.2 Å². The van der Waals surface area contributed by atoms with Gasteiger partial charge in [0.1, 0.15) is 0 Å². The summed E-state index contributed by atoms with van der Waals surface area (Å²) in [7, 11) is 1.43. The third-order valence-electron chi connectivity index (χ3n) is 7.72. The lowest BCUT2D eigenvalue weighted by molar-refractivity contribution is -0.140. The molecule has 5 nitrogen and oxygen atoms in total. The van der Waals surface area contributed by atoms with E-state index in [0.29, 0.717) is 24.7 Å². The van der Waals surface area contributed by atoms with E-state index in [1.807, 2.05) is 6.08 Å². The zero-order valence-corrected chi connectivity index (χ0v) is 18.7. The highest BCUT2D eigenvalue weighted by atomic mass is 16.5. The van der Waals surface area contributed by atoms with Gasteiger partial charge in [-0.1, -0.05) is 44.3 Å². The van der Waals surface area contributed by atoms with Crippen LogP contribution in [0.5, 0.6) is 0 Å². The average molecular weight is 423 g/mol. The van der Waals surface area contributed by atoms with Crippen molar-refractivity contribution in [2.75, 3.05) is 13.7 Å². The number of carbonyl (C=O) groups is 1. The lowest BCUT2D eigenvalue weighted by atomic mass is 9.84. The molecule has 0 radical (unpaired) electrons. The molecule has 0 unspecified atom stereocenters. The number of carbonyl (C=O) groups excluding carboxylic acids is 1. The summed E-state index contributed by atoms with van der Waals surface area (Å²) in [6.07, 6.45) is 17.1. The summed E-state index contributed by atoms with van der Waals surface area (Å²) in [4.78, 5) is 11.3. The van der Waals surface area contributed by atoms with E-state index >= 15 is 0 Å². The number of hydrogen-bond acceptors (Lipinski definition) is 5. The van der Waals surface area contributed by atoms with Gasteiger partial charge in [0.05, 0.1) is 25.4 Å². The van der Waals surface area contributed by atoms with Gasteiger partial charge >= 0.3 is 5.97 Å². The van der Waals surface area contributed by atoms with Gasteiger partial charge in [0.25, 0.3) is 0 Å². The second-order valence-corrected chi connectivity index (χ2v) is 9.86. The quantitative estimate of drug-likeness (QED) is 0.425. The van der Waals surface area contributed by atoms with E-state index in [1.54, 1.807) is 0 Å². The van der Waals surface area contributed by atoms with E-state index in [2.05, 4.69) is 6.08 Å². The van der Waals surface area contributed by atoms with Crippen molar-refractivity contribution in [3.63, 3.8) is 0 Å². The van der Waals surface area contributed by atoms with Crippen LogP contribution < -0.4 is 0 Å². The van der Waals surface area contributed by atoms with Gasteiger partial charge in [0.15, 0.2) is 0 Å². The first-order valence-corrected chi connectivity index (χ1v) is 12.3. The van der Waals surface area contributed by atoms with Gasteiger partial charge in [-0.05, 0) is 56.3 Å². The van der Waals surface area contributed by atoms with Crippen LogP contribution in [0.3, 0.4) is 0 Å². The average Bonchev–Trinajstić information content (AvgIpc) is 2.92. The van der Waals surface area contributed by atoms with E-state index in [4.69, 9.17) is 9.47 Å². The minimum atomic E-state index is -0.407. The molecule has 2 saturated carbocycles. The molecule has 0 spiro atoms. The number of aliphatic hydroxyl groups excluding tert-OH is 2. The molecule has 1 heterocycles. The number of fused-ring (bicyclic) bond motifs is 1. The molecule has 2 aliphatic carbocycles. The van der Waals surface area contributed by atoms with Crippen molar-refractivity contribution in [3.8, 4) is 0 Å². The Morgan fingerprint density at radius 3 is 2.70 bits per heavy atom. The molecule has 2 N–H and O–H groups in total. The van der Waals surface area contributed by atoms with Crippen LogP contribution in [0.15, 0.2) is 12.2 Å². The monoisotopic (exact) mass is 422 g/mol. The number of ether oxygens (including phenoxy) is 2. The molecule has 6 atom stereocenters. The van der Waals surface area contributed by atoms with Crippen molar-refractivity contribution in [2.45, 2.75) is 102 Å². The van der Waals surface area contributed by atoms with Crippen LogP contribution in [0, 0.1) is 23.7 Å². The van der Waals surface area contributed by atoms with Gasteiger partial charge < -0.3 is 19.7 Å². The maximum Gasteiger partial charge on any atom is 0.305 e. The van der Waals surface area contributed by atoms with Crippen molar-refractivity contribution in [3.05, 3.63) is 12.2 Å². The van der Waals surface area contributed by atoms with Gasteiger partial charge in [-0.15, -0.1) is 0 Å². The van der Waals surface area contributed by atoms with E-state index in [0.717, 1.165) is 51.0 Å². The standard InChI is InChI=1S/C25H42O5/c1-29-25(28)9-5-8-19-11-14-22-21(23(27)16-24(22)30-17-19)15-13-20(26)12-10-18-6-3-2-4-7-18/h13,15,18-24,26-27H,2-12,14,16-17H2,1H3/b15-13+/t19-,20-,21+,22+,23+,24-/m0/s1. The first-order valence-electron chi connectivity index (χ1n) is 12.3. The molecule has 0 aromatic rings. The van der Waals surface area contributed by atoms with E-state index in [-0.39, 0.29) is 24.1 Å². The fraction of sp³-hybridized carbons (Fsp3) is 0.880. The zero-order chi connectivity index (χ0) is 21.3. The zero-order valence-electron chi connectivity index (χ0n) is 18.7. The molecule has 1 saturated heterocycles. The first-order chi connectivity index (χ1) is 14.6. The summed E-state index contributed by atoms with van der Waals surface area (Å²) >= 11 is 0. The molecule has 3 fully saturated rings. The number of esters is 1. The van der Waals surface area contributed by atoms with Crippen LogP contribution in [0.4, 0.5) is 0 Å². The summed E-state index contributed by atoms with van der Waals surface area (Å²) in [6.45, 7) is 0.718. The summed E-state index contributed by atoms with van der Waals surface area (Å²) in [5.74, 6) is 1.52. The number of methoxy groups -OCH3 is 1. The molecule has 1 aliphatic heterocycles. The Balaban J connectivity index is 1.43. The molecular formula is C25H42O5. The lowest BCUT2D eigenvalue weighted by Gasteiger charge is -2.23. The van der Waals surface area contributed by atoms with Gasteiger partial charge in [-0.2, -0.15) is 0 Å². The molecule has 3 rings (SSSR count). The van der Waals surface area contributed by atoms with Crippen LogP contribution in [0.25, 0.3) is 0 Å². The van der Waals surface area contributed by atoms with Gasteiger partial charge in [0, 0.05) is 25.4 Å². The minimum Gasteiger partial charge on any atom is -0.469 e. The molecule has 0 bridgehead atoms. The number of rotatable bonds is 9. The summed E-state index contributed by atoms with van der Waals surface area (Å²) < 4.78 is 10.9. The fourth-order valence-electron chi connectivity index (χ4n) is 5.82. The Morgan fingerprint density at radius 2 is 1.93 bits per heavy atom. The molecular weight excluding hydrogens is 380 g/mol. The molecule has 0 amide bonds. The molecule has 0 aromatic carbocycles. The van der Waals surface area contributed by atoms with Crippen molar-refractivity contribution >= 4 is 5.97 Å². The molecule has 3 aliphatic rings. The Labute approximate surface area is 182 Å². The fourth-order valence-corrected chi connectivity index (χ4v) is 5.82. The predicted octanol–water partition coefficient (Wildman–Crippen LogP) is 4.40. The van der Waals surface area contributed by atoms with E-state index < -0.39 is 6.10 Å². The van der Waals surface area contributed by atoms with Crippen LogP contribution >= 0.6 is 0 Å². The second kappa shape index (κ2) is 12.2. The lowest BCUT2D eigenvalue weighted by Crippen LogP contribution is -2.21. The van der Waals surface area contributed by atoms with Crippen molar-refractivity contribution in [2.24, 2.45) is 23.7 Å². The smallest absolute Gasteiger partial charge is 0.305 e. The molecule has 30 heavy (non-hydrogen) atoms. The second-order valence-electron chi connectivity index (χ2n) is 9.86. The molecule has 0 aromatic heterocycles. The Morgan fingerprint density at radius 1 is 1.13 bits per heavy atom. The number of hydrogen-bond donors (Lipinski definition) is 2. The summed E-state index contributed by atoms with van der Waals surface area (Å²) in [5, 5.41) is 21.0. The summed E-state index contributed by atoms with van der Waals surface area (Å²) in [6, 6.07) is 0. The molecule has 5 heteroatoms. The maximum absolute atomic E-state index is 11.3. The van der Waals surface area contributed by atoms with Gasteiger partial charge in [-0.25, -0.2) is 0 Å². The molecule has 172 valence electrons. The van der Waals surface area contributed by atoms with Crippen molar-refractivity contribution in [1.29, 1.82) is 0 Å². The number of aliphatic hydroxyl groups is 2. The van der Waals surface area contributed by atoms with Crippen LogP contribution in [-0.2, 0) is 14.3 Å². The Bertz CT molecular complexity index is 542. The first kappa shape index (κ1) is 23.7. The Kier molecular flexibility index (Phi) is 9.66. The predicted molar refractivity (Wildman–Crippen MR) is 117 cm³/mol. The van der Waals surface area contributed by atoms with Crippen LogP contribution in [-0.4, -0.2) is 48.2 Å². The normalized spacial score (nSPS) is 33.9. The third-order valence-corrected chi connectivity index (χ3v) is 7.72. The van der Waals surface area contributed by atoms with Crippen molar-refractivity contribution in [1.82, 2.24) is 0 Å². The SMILES string of the molecule is COC(=O)CCC[C@H]1CC[C@@H]2[C@@H](/C=C/[C@@H](O)CCC3CCCCC3)[C@H](O)C[C@@H]2OC1. The Hall–Kier alpha value is -0.910. The van der Waals surface area contributed by atoms with Crippen LogP contribution in [0.1, 0.15) is 83.5 Å². The van der Waals surface area contributed by atoms with Gasteiger partial charge in [0.2, 0.25) is 0 Å². The maximum atomic E-state index is 11.3. The van der Waals surface area contributed by atoms with E-state index in [9.17, 15) is 15.0 Å². The highest BCUT2D eigenvalue weighted by Crippen LogP contribution is 2.42. The summed E-state index contributed by atoms with van der Waals surface area (Å²) in [5.41, 5.74) is 0. The topological polar surface area (TPSA) is 76.0 Å². The third kappa shape index (κ3) is 7.06. The highest BCUT2D eigenvalue weighted by molar-refractivity contribution is 5.68. The minimum absolute atomic E-state index is 0.0770. The van der Waals surface area contributed by atoms with Gasteiger partial charge in [-0.3, -0.25) is 4.79 Å².